The van der Waals surface area contributed by atoms with Gasteiger partial charge in [-0.2, -0.15) is 0 Å². The van der Waals surface area contributed by atoms with Crippen molar-refractivity contribution in [3.05, 3.63) is 63.8 Å². The van der Waals surface area contributed by atoms with Crippen LogP contribution >= 0.6 is 22.9 Å². The summed E-state index contributed by atoms with van der Waals surface area (Å²) < 4.78 is 6.04. The number of nitrogens with zero attached hydrogens (tertiary/aromatic N) is 2. The van der Waals surface area contributed by atoms with Crippen molar-refractivity contribution in [1.29, 1.82) is 0 Å². The van der Waals surface area contributed by atoms with Gasteiger partial charge >= 0.3 is 0 Å². The molecule has 5 nitrogen and oxygen atoms in total. The van der Waals surface area contributed by atoms with Crippen molar-refractivity contribution in [3.63, 3.8) is 0 Å². The van der Waals surface area contributed by atoms with Gasteiger partial charge in [0.2, 0.25) is 11.8 Å². The second-order valence-corrected chi connectivity index (χ2v) is 9.84. The Hall–Kier alpha value is -2.31. The number of carbonyl (C=O) groups excluding carboxylic acids is 2. The minimum absolute atomic E-state index is 0.0385. The summed E-state index contributed by atoms with van der Waals surface area (Å²) in [7, 11) is 0. The van der Waals surface area contributed by atoms with Gasteiger partial charge in [0.05, 0.1) is 6.04 Å². The van der Waals surface area contributed by atoms with E-state index >= 15 is 0 Å². The zero-order valence-corrected chi connectivity index (χ0v) is 19.7. The number of thiophene rings is 1. The predicted molar refractivity (Wildman–Crippen MR) is 128 cm³/mol. The number of rotatable bonds is 8. The van der Waals surface area contributed by atoms with Gasteiger partial charge in [-0.1, -0.05) is 30.5 Å². The maximum absolute atomic E-state index is 13.4. The van der Waals surface area contributed by atoms with Gasteiger partial charge < -0.3 is 14.5 Å². The second kappa shape index (κ2) is 10.5. The highest BCUT2D eigenvalue weighted by Gasteiger charge is 2.34. The molecule has 170 valence electrons. The zero-order valence-electron chi connectivity index (χ0n) is 18.2. The van der Waals surface area contributed by atoms with Gasteiger partial charge in [0.15, 0.2) is 0 Å². The fourth-order valence-electron chi connectivity index (χ4n) is 4.65. The Kier molecular flexibility index (Phi) is 7.53. The SMILES string of the molecule is C=CCN(CC(=O)N1CCc2sccc2C1COc1ccc(Cl)cc1)C(=O)C1CCCC1. The van der Waals surface area contributed by atoms with E-state index in [9.17, 15) is 9.59 Å². The van der Waals surface area contributed by atoms with Crippen LogP contribution in [0.25, 0.3) is 0 Å². The largest absolute Gasteiger partial charge is 0.491 e. The van der Waals surface area contributed by atoms with Gasteiger partial charge in [-0.3, -0.25) is 9.59 Å². The van der Waals surface area contributed by atoms with Crippen LogP contribution in [0.15, 0.2) is 48.4 Å². The maximum Gasteiger partial charge on any atom is 0.242 e. The average Bonchev–Trinajstić information content (AvgIpc) is 3.50. The molecule has 0 saturated heterocycles. The van der Waals surface area contributed by atoms with Gasteiger partial charge in [0.25, 0.3) is 0 Å². The Morgan fingerprint density at radius 2 is 1.97 bits per heavy atom. The monoisotopic (exact) mass is 472 g/mol. The van der Waals surface area contributed by atoms with E-state index in [4.69, 9.17) is 16.3 Å². The molecule has 0 radical (unpaired) electrons. The quantitative estimate of drug-likeness (QED) is 0.501. The minimum atomic E-state index is -0.180. The van der Waals surface area contributed by atoms with Crippen LogP contribution in [0, 0.1) is 5.92 Å². The number of halogens is 1. The van der Waals surface area contributed by atoms with E-state index in [1.807, 2.05) is 17.0 Å². The molecule has 0 bridgehead atoms. The first-order valence-electron chi connectivity index (χ1n) is 11.2. The first kappa shape index (κ1) is 22.9. The van der Waals surface area contributed by atoms with E-state index in [2.05, 4.69) is 18.0 Å². The third-order valence-electron chi connectivity index (χ3n) is 6.33. The first-order chi connectivity index (χ1) is 15.6. The lowest BCUT2D eigenvalue weighted by Crippen LogP contribution is -2.48. The molecule has 2 amide bonds. The summed E-state index contributed by atoms with van der Waals surface area (Å²) >= 11 is 7.70. The van der Waals surface area contributed by atoms with E-state index in [0.717, 1.165) is 37.7 Å². The number of fused-ring (bicyclic) bond motifs is 1. The van der Waals surface area contributed by atoms with E-state index in [1.165, 1.54) is 4.88 Å². The topological polar surface area (TPSA) is 49.9 Å². The molecule has 1 atom stereocenters. The van der Waals surface area contributed by atoms with Crippen LogP contribution in [0.5, 0.6) is 5.75 Å². The fraction of sp³-hybridized carbons (Fsp3) is 0.440. The van der Waals surface area contributed by atoms with Gasteiger partial charge in [-0.25, -0.2) is 0 Å². The first-order valence-corrected chi connectivity index (χ1v) is 12.5. The number of amides is 2. The third-order valence-corrected chi connectivity index (χ3v) is 7.58. The molecule has 0 N–H and O–H groups in total. The van der Waals surface area contributed by atoms with Gasteiger partial charge in [0.1, 0.15) is 18.9 Å². The van der Waals surface area contributed by atoms with Crippen molar-refractivity contribution in [3.8, 4) is 5.75 Å². The standard InChI is InChI=1S/C25H29ClN2O3S/c1-2-13-27(25(30)18-5-3-4-6-18)16-24(29)28-14-11-23-21(12-15-32-23)22(28)17-31-20-9-7-19(26)8-10-20/h2,7-10,12,15,18,22H,1,3-6,11,13-14,16-17H2. The molecular formula is C25H29ClN2O3S. The Bertz CT molecular complexity index is 952. The number of ether oxygens (including phenoxy) is 1. The van der Waals surface area contributed by atoms with Crippen LogP contribution < -0.4 is 4.74 Å². The van der Waals surface area contributed by atoms with E-state index in [-0.39, 0.29) is 30.3 Å². The molecule has 32 heavy (non-hydrogen) atoms. The van der Waals surface area contributed by atoms with Crippen molar-refractivity contribution < 1.29 is 14.3 Å². The fourth-order valence-corrected chi connectivity index (χ4v) is 5.71. The van der Waals surface area contributed by atoms with E-state index < -0.39 is 0 Å². The van der Waals surface area contributed by atoms with Crippen LogP contribution in [0.1, 0.15) is 42.2 Å². The van der Waals surface area contributed by atoms with Crippen LogP contribution in [-0.2, 0) is 16.0 Å². The third kappa shape index (κ3) is 5.18. The van der Waals surface area contributed by atoms with Crippen molar-refractivity contribution in [2.24, 2.45) is 5.92 Å². The van der Waals surface area contributed by atoms with Crippen LogP contribution in [0.2, 0.25) is 5.02 Å². The molecule has 1 fully saturated rings. The summed E-state index contributed by atoms with van der Waals surface area (Å²) in [6.45, 7) is 5.25. The van der Waals surface area contributed by atoms with E-state index in [1.54, 1.807) is 34.4 Å². The summed E-state index contributed by atoms with van der Waals surface area (Å²) in [6.07, 6.45) is 6.54. The van der Waals surface area contributed by atoms with Crippen LogP contribution in [0.4, 0.5) is 0 Å². The Labute approximate surface area is 198 Å². The number of hydrogen-bond donors (Lipinski definition) is 0. The molecule has 0 spiro atoms. The zero-order chi connectivity index (χ0) is 22.5. The Balaban J connectivity index is 1.48. The Morgan fingerprint density at radius 1 is 1.22 bits per heavy atom. The molecule has 1 aliphatic carbocycles. The Morgan fingerprint density at radius 3 is 2.69 bits per heavy atom. The summed E-state index contributed by atoms with van der Waals surface area (Å²) in [6, 6.07) is 9.15. The lowest BCUT2D eigenvalue weighted by molar-refractivity contribution is -0.144. The van der Waals surface area contributed by atoms with E-state index in [0.29, 0.717) is 30.5 Å². The molecule has 4 rings (SSSR count). The van der Waals surface area contributed by atoms with Crippen molar-refractivity contribution in [2.75, 3.05) is 26.2 Å². The maximum atomic E-state index is 13.4. The normalized spacial score (nSPS) is 18.3. The molecule has 2 aliphatic rings. The highest BCUT2D eigenvalue weighted by molar-refractivity contribution is 7.10. The minimum Gasteiger partial charge on any atom is -0.491 e. The molecule has 1 unspecified atom stereocenters. The van der Waals surface area contributed by atoms with Gasteiger partial charge in [-0.05, 0) is 60.5 Å². The molecular weight excluding hydrogens is 444 g/mol. The predicted octanol–water partition coefficient (Wildman–Crippen LogP) is 5.11. The molecule has 1 aliphatic heterocycles. The highest BCUT2D eigenvalue weighted by Crippen LogP contribution is 2.34. The highest BCUT2D eigenvalue weighted by atomic mass is 35.5. The second-order valence-electron chi connectivity index (χ2n) is 8.41. The molecule has 1 saturated carbocycles. The lowest BCUT2D eigenvalue weighted by Gasteiger charge is -2.37. The summed E-state index contributed by atoms with van der Waals surface area (Å²) in [4.78, 5) is 31.3. The average molecular weight is 473 g/mol. The molecule has 2 heterocycles. The van der Waals surface area contributed by atoms with Gasteiger partial charge in [-0.15, -0.1) is 17.9 Å². The van der Waals surface area contributed by atoms with Crippen LogP contribution in [-0.4, -0.2) is 47.9 Å². The molecule has 1 aromatic heterocycles. The van der Waals surface area contributed by atoms with Gasteiger partial charge in [0, 0.05) is 28.9 Å². The molecule has 1 aromatic carbocycles. The molecule has 7 heteroatoms. The van der Waals surface area contributed by atoms with Crippen molar-refractivity contribution in [1.82, 2.24) is 9.80 Å². The summed E-state index contributed by atoms with van der Waals surface area (Å²) in [5, 5.41) is 2.72. The van der Waals surface area contributed by atoms with Crippen LogP contribution in [0.3, 0.4) is 0 Å². The lowest BCUT2D eigenvalue weighted by atomic mass is 10.00. The number of hydrogen-bond acceptors (Lipinski definition) is 4. The summed E-state index contributed by atoms with van der Waals surface area (Å²) in [5.74, 6) is 0.795. The van der Waals surface area contributed by atoms with Crippen molar-refractivity contribution >= 4 is 34.8 Å². The number of carbonyl (C=O) groups is 2. The van der Waals surface area contributed by atoms with Crippen molar-refractivity contribution in [2.45, 2.75) is 38.1 Å². The summed E-state index contributed by atoms with van der Waals surface area (Å²) in [5.41, 5.74) is 1.14. The number of benzene rings is 1. The smallest absolute Gasteiger partial charge is 0.242 e. The molecule has 2 aromatic rings.